The van der Waals surface area contributed by atoms with Gasteiger partial charge >= 0.3 is 0 Å². The van der Waals surface area contributed by atoms with E-state index in [9.17, 15) is 5.11 Å². The second-order valence-electron chi connectivity index (χ2n) is 7.43. The first-order valence-corrected chi connectivity index (χ1v) is 9.42. The third-order valence-corrected chi connectivity index (χ3v) is 5.39. The highest BCUT2D eigenvalue weighted by atomic mass is 16.5. The Morgan fingerprint density at radius 1 is 1.15 bits per heavy atom. The van der Waals surface area contributed by atoms with Crippen molar-refractivity contribution >= 4 is 0 Å². The highest BCUT2D eigenvalue weighted by molar-refractivity contribution is 5.27. The molecule has 0 spiro atoms. The molecular formula is C22H30N2O2. The maximum atomic E-state index is 11.3. The number of piperidine rings is 1. The Balaban J connectivity index is 1.72. The lowest BCUT2D eigenvalue weighted by Crippen LogP contribution is -2.57. The summed E-state index contributed by atoms with van der Waals surface area (Å²) < 4.78 is 5.23. The van der Waals surface area contributed by atoms with Crippen LogP contribution < -0.4 is 10.1 Å². The number of hydrogen-bond donors (Lipinski definition) is 2. The molecule has 2 aromatic carbocycles. The summed E-state index contributed by atoms with van der Waals surface area (Å²) in [7, 11) is 1.68. The summed E-state index contributed by atoms with van der Waals surface area (Å²) in [6.45, 7) is 6.08. The minimum atomic E-state index is -0.774. The van der Waals surface area contributed by atoms with Gasteiger partial charge in [-0.2, -0.15) is 0 Å². The summed E-state index contributed by atoms with van der Waals surface area (Å²) in [4.78, 5) is 2.45. The van der Waals surface area contributed by atoms with Crippen molar-refractivity contribution in [3.63, 3.8) is 0 Å². The zero-order valence-electron chi connectivity index (χ0n) is 16.0. The van der Waals surface area contributed by atoms with Crippen LogP contribution in [0.5, 0.6) is 5.75 Å². The van der Waals surface area contributed by atoms with Crippen molar-refractivity contribution < 1.29 is 9.84 Å². The van der Waals surface area contributed by atoms with E-state index < -0.39 is 5.60 Å². The molecule has 0 aliphatic carbocycles. The van der Waals surface area contributed by atoms with Crippen molar-refractivity contribution in [2.75, 3.05) is 13.7 Å². The molecular weight excluding hydrogens is 324 g/mol. The number of likely N-dealkylation sites (tertiary alicyclic amines) is 1. The summed E-state index contributed by atoms with van der Waals surface area (Å²) in [5.74, 6) is 0.869. The molecule has 1 aliphatic rings. The smallest absolute Gasteiger partial charge is 0.118 e. The molecule has 2 N–H and O–H groups in total. The van der Waals surface area contributed by atoms with Crippen molar-refractivity contribution in [1.29, 1.82) is 0 Å². The number of ether oxygens (including phenoxy) is 1. The molecule has 2 unspecified atom stereocenters. The van der Waals surface area contributed by atoms with Crippen LogP contribution in [0, 0.1) is 0 Å². The Kier molecular flexibility index (Phi) is 5.97. The number of methoxy groups -OCH3 is 1. The third-order valence-electron chi connectivity index (χ3n) is 5.39. The molecule has 0 radical (unpaired) electrons. The maximum absolute atomic E-state index is 11.3. The fraction of sp³-hybridized carbons (Fsp3) is 0.455. The van der Waals surface area contributed by atoms with Gasteiger partial charge in [-0.15, -0.1) is 0 Å². The van der Waals surface area contributed by atoms with Gasteiger partial charge in [-0.3, -0.25) is 10.2 Å². The molecule has 1 heterocycles. The zero-order valence-corrected chi connectivity index (χ0v) is 16.0. The van der Waals surface area contributed by atoms with Crippen LogP contribution in [0.3, 0.4) is 0 Å². The Bertz CT molecular complexity index is 687. The average Bonchev–Trinajstić information content (AvgIpc) is 2.67. The standard InChI is InChI=1S/C22H30N2O2/c1-17(2)24-14-13-22(25,19-7-5-4-6-8-19)15-21(24)23-16-18-9-11-20(26-3)12-10-18/h4-12,17,21,23,25H,13-16H2,1-3H3. The number of aliphatic hydroxyl groups is 1. The average molecular weight is 354 g/mol. The van der Waals surface area contributed by atoms with Crippen molar-refractivity contribution in [1.82, 2.24) is 10.2 Å². The van der Waals surface area contributed by atoms with E-state index in [1.54, 1.807) is 7.11 Å². The van der Waals surface area contributed by atoms with Crippen molar-refractivity contribution in [3.05, 3.63) is 65.7 Å². The first-order valence-electron chi connectivity index (χ1n) is 9.42. The number of nitrogens with zero attached hydrogens (tertiary/aromatic N) is 1. The molecule has 1 aliphatic heterocycles. The molecule has 1 saturated heterocycles. The number of benzene rings is 2. The van der Waals surface area contributed by atoms with E-state index in [0.29, 0.717) is 12.5 Å². The lowest BCUT2D eigenvalue weighted by molar-refractivity contribution is -0.0691. The lowest BCUT2D eigenvalue weighted by atomic mass is 9.82. The van der Waals surface area contributed by atoms with Crippen LogP contribution in [0.1, 0.15) is 37.8 Å². The molecule has 3 rings (SSSR count). The summed E-state index contributed by atoms with van der Waals surface area (Å²) in [5, 5.41) is 15.0. The van der Waals surface area contributed by atoms with Gasteiger partial charge in [0.25, 0.3) is 0 Å². The van der Waals surface area contributed by atoms with Crippen LogP contribution in [0.4, 0.5) is 0 Å². The largest absolute Gasteiger partial charge is 0.497 e. The van der Waals surface area contributed by atoms with Gasteiger partial charge in [0.05, 0.1) is 18.9 Å². The molecule has 4 heteroatoms. The summed E-state index contributed by atoms with van der Waals surface area (Å²) in [5.41, 5.74) is 1.45. The minimum absolute atomic E-state index is 0.135. The van der Waals surface area contributed by atoms with E-state index in [4.69, 9.17) is 4.74 Å². The number of nitrogens with one attached hydrogen (secondary N) is 1. The van der Waals surface area contributed by atoms with Gasteiger partial charge < -0.3 is 9.84 Å². The van der Waals surface area contributed by atoms with E-state index in [-0.39, 0.29) is 6.17 Å². The van der Waals surface area contributed by atoms with Crippen molar-refractivity contribution in [3.8, 4) is 5.75 Å². The fourth-order valence-electron chi connectivity index (χ4n) is 3.81. The molecule has 2 aromatic rings. The first-order chi connectivity index (χ1) is 12.5. The molecule has 4 nitrogen and oxygen atoms in total. The van der Waals surface area contributed by atoms with Gasteiger partial charge in [0.1, 0.15) is 5.75 Å². The molecule has 0 aromatic heterocycles. The van der Waals surface area contributed by atoms with Gasteiger partial charge in [-0.1, -0.05) is 42.5 Å². The second kappa shape index (κ2) is 8.21. The quantitative estimate of drug-likeness (QED) is 0.833. The summed E-state index contributed by atoms with van der Waals surface area (Å²) >= 11 is 0. The monoisotopic (exact) mass is 354 g/mol. The Hall–Kier alpha value is -1.88. The Morgan fingerprint density at radius 2 is 1.85 bits per heavy atom. The molecule has 26 heavy (non-hydrogen) atoms. The number of hydrogen-bond acceptors (Lipinski definition) is 4. The van der Waals surface area contributed by atoms with Crippen LogP contribution in [-0.2, 0) is 12.1 Å². The maximum Gasteiger partial charge on any atom is 0.118 e. The SMILES string of the molecule is COc1ccc(CNC2CC(O)(c3ccccc3)CCN2C(C)C)cc1. The number of rotatable bonds is 6. The molecule has 140 valence electrons. The fourth-order valence-corrected chi connectivity index (χ4v) is 3.81. The highest BCUT2D eigenvalue weighted by Crippen LogP contribution is 2.35. The Morgan fingerprint density at radius 3 is 2.46 bits per heavy atom. The third kappa shape index (κ3) is 4.26. The zero-order chi connectivity index (χ0) is 18.6. The highest BCUT2D eigenvalue weighted by Gasteiger charge is 2.40. The predicted molar refractivity (Wildman–Crippen MR) is 105 cm³/mol. The molecule has 2 atom stereocenters. The molecule has 0 saturated carbocycles. The van der Waals surface area contributed by atoms with Gasteiger partial charge in [0.15, 0.2) is 0 Å². The molecule has 1 fully saturated rings. The van der Waals surface area contributed by atoms with E-state index in [1.165, 1.54) is 5.56 Å². The molecule has 0 bridgehead atoms. The Labute approximate surface area is 156 Å². The van der Waals surface area contributed by atoms with Crippen LogP contribution >= 0.6 is 0 Å². The van der Waals surface area contributed by atoms with Crippen molar-refractivity contribution in [2.45, 2.75) is 51.0 Å². The van der Waals surface area contributed by atoms with Crippen LogP contribution in [0.15, 0.2) is 54.6 Å². The lowest BCUT2D eigenvalue weighted by Gasteiger charge is -2.46. The summed E-state index contributed by atoms with van der Waals surface area (Å²) in [6, 6.07) is 18.6. The summed E-state index contributed by atoms with van der Waals surface area (Å²) in [6.07, 6.45) is 1.58. The van der Waals surface area contributed by atoms with Gasteiger partial charge in [-0.25, -0.2) is 0 Å². The normalized spacial score (nSPS) is 24.0. The minimum Gasteiger partial charge on any atom is -0.497 e. The topological polar surface area (TPSA) is 44.7 Å². The van der Waals surface area contributed by atoms with Crippen molar-refractivity contribution in [2.24, 2.45) is 0 Å². The molecule has 0 amide bonds. The predicted octanol–water partition coefficient (Wildman–Crippen LogP) is 3.50. The van der Waals surface area contributed by atoms with Crippen LogP contribution in [0.2, 0.25) is 0 Å². The van der Waals surface area contributed by atoms with E-state index in [2.05, 4.69) is 36.2 Å². The van der Waals surface area contributed by atoms with Crippen LogP contribution in [0.25, 0.3) is 0 Å². The van der Waals surface area contributed by atoms with Gasteiger partial charge in [0.2, 0.25) is 0 Å². The second-order valence-corrected chi connectivity index (χ2v) is 7.43. The van der Waals surface area contributed by atoms with E-state index in [0.717, 1.165) is 30.8 Å². The van der Waals surface area contributed by atoms with E-state index in [1.807, 2.05) is 42.5 Å². The van der Waals surface area contributed by atoms with Gasteiger partial charge in [-0.05, 0) is 43.5 Å². The first kappa shape index (κ1) is 18.9. The van der Waals surface area contributed by atoms with E-state index >= 15 is 0 Å². The van der Waals surface area contributed by atoms with Crippen LogP contribution in [-0.4, -0.2) is 35.9 Å². The van der Waals surface area contributed by atoms with Gasteiger partial charge in [0, 0.05) is 25.6 Å².